The molecule has 0 unspecified atom stereocenters. The molecule has 0 spiro atoms. The Kier molecular flexibility index (Phi) is 4.88. The lowest BCUT2D eigenvalue weighted by Crippen LogP contribution is -2.17. The van der Waals surface area contributed by atoms with Crippen molar-refractivity contribution in [3.8, 4) is 5.75 Å². The van der Waals surface area contributed by atoms with Gasteiger partial charge in [0.25, 0.3) is 0 Å². The van der Waals surface area contributed by atoms with E-state index in [1.54, 1.807) is 7.11 Å². The summed E-state index contributed by atoms with van der Waals surface area (Å²) in [6.07, 6.45) is 0. The zero-order chi connectivity index (χ0) is 14.5. The van der Waals surface area contributed by atoms with Gasteiger partial charge in [0, 0.05) is 20.1 Å². The van der Waals surface area contributed by atoms with E-state index in [1.165, 1.54) is 5.56 Å². The number of methoxy groups -OCH3 is 1. The van der Waals surface area contributed by atoms with Crippen LogP contribution in [-0.4, -0.2) is 14.2 Å². The maximum absolute atomic E-state index is 6.31. The summed E-state index contributed by atoms with van der Waals surface area (Å²) in [5.74, 6) is 0.862. The van der Waals surface area contributed by atoms with E-state index in [1.807, 2.05) is 43.4 Å². The second-order valence-corrected chi connectivity index (χ2v) is 5.10. The largest absolute Gasteiger partial charge is 0.497 e. The molecular weight excluding hydrogens is 272 g/mol. The highest BCUT2D eigenvalue weighted by Gasteiger charge is 2.08. The van der Waals surface area contributed by atoms with Gasteiger partial charge in [0.05, 0.1) is 17.8 Å². The van der Waals surface area contributed by atoms with Gasteiger partial charge >= 0.3 is 0 Å². The summed E-state index contributed by atoms with van der Waals surface area (Å²) in [6, 6.07) is 13.9. The van der Waals surface area contributed by atoms with Crippen molar-refractivity contribution in [2.45, 2.75) is 13.1 Å². The Balaban J connectivity index is 2.16. The van der Waals surface area contributed by atoms with Crippen LogP contribution in [0, 0.1) is 0 Å². The zero-order valence-electron chi connectivity index (χ0n) is 11.8. The summed E-state index contributed by atoms with van der Waals surface area (Å²) in [7, 11) is 3.69. The van der Waals surface area contributed by atoms with Crippen molar-refractivity contribution < 1.29 is 4.74 Å². The van der Waals surface area contributed by atoms with Gasteiger partial charge in [-0.3, -0.25) is 0 Å². The van der Waals surface area contributed by atoms with Crippen LogP contribution in [0.4, 0.5) is 5.69 Å². The molecule has 0 aliphatic carbocycles. The number of nitrogens with zero attached hydrogens (tertiary/aromatic N) is 1. The average Bonchev–Trinajstić information content (AvgIpc) is 2.47. The van der Waals surface area contributed by atoms with Crippen LogP contribution in [0.25, 0.3) is 0 Å². The van der Waals surface area contributed by atoms with Crippen LogP contribution in [0.5, 0.6) is 5.75 Å². The molecule has 2 rings (SSSR count). The molecule has 0 fully saturated rings. The molecule has 0 bridgehead atoms. The first kappa shape index (κ1) is 14.7. The van der Waals surface area contributed by atoms with Gasteiger partial charge in [-0.05, 0) is 35.4 Å². The quantitative estimate of drug-likeness (QED) is 0.917. The zero-order valence-corrected chi connectivity index (χ0v) is 12.5. The predicted molar refractivity (Wildman–Crippen MR) is 84.4 cm³/mol. The van der Waals surface area contributed by atoms with Crippen LogP contribution >= 0.6 is 11.6 Å². The van der Waals surface area contributed by atoms with Crippen molar-refractivity contribution in [3.63, 3.8) is 0 Å². The Bertz CT molecular complexity index is 586. The monoisotopic (exact) mass is 290 g/mol. The van der Waals surface area contributed by atoms with Crippen molar-refractivity contribution in [2.24, 2.45) is 5.73 Å². The molecule has 106 valence electrons. The Morgan fingerprint density at radius 3 is 2.60 bits per heavy atom. The molecular formula is C16H19ClN2O. The summed E-state index contributed by atoms with van der Waals surface area (Å²) in [5, 5.41) is 0.721. The van der Waals surface area contributed by atoms with Crippen molar-refractivity contribution in [3.05, 3.63) is 58.6 Å². The molecule has 0 atom stereocenters. The first-order valence-corrected chi connectivity index (χ1v) is 6.84. The Hall–Kier alpha value is -1.71. The first-order valence-electron chi connectivity index (χ1n) is 6.46. The highest BCUT2D eigenvalue weighted by atomic mass is 35.5. The van der Waals surface area contributed by atoms with Gasteiger partial charge in [0.1, 0.15) is 5.75 Å². The maximum atomic E-state index is 6.31. The third kappa shape index (κ3) is 3.44. The fraction of sp³-hybridized carbons (Fsp3) is 0.250. The fourth-order valence-corrected chi connectivity index (χ4v) is 2.46. The summed E-state index contributed by atoms with van der Waals surface area (Å²) < 4.78 is 5.24. The molecule has 3 nitrogen and oxygen atoms in total. The second kappa shape index (κ2) is 6.64. The molecule has 0 aliphatic rings. The van der Waals surface area contributed by atoms with Gasteiger partial charge in [-0.15, -0.1) is 0 Å². The minimum absolute atomic E-state index is 0.500. The molecule has 0 heterocycles. The van der Waals surface area contributed by atoms with E-state index in [0.717, 1.165) is 28.6 Å². The molecule has 2 aromatic carbocycles. The third-order valence-corrected chi connectivity index (χ3v) is 3.52. The summed E-state index contributed by atoms with van der Waals surface area (Å²) >= 11 is 6.31. The van der Waals surface area contributed by atoms with Crippen LogP contribution < -0.4 is 15.4 Å². The third-order valence-electron chi connectivity index (χ3n) is 3.21. The molecule has 0 amide bonds. The number of halogens is 1. The highest BCUT2D eigenvalue weighted by Crippen LogP contribution is 2.27. The van der Waals surface area contributed by atoms with E-state index in [4.69, 9.17) is 22.1 Å². The Labute approximate surface area is 124 Å². The number of anilines is 1. The number of benzene rings is 2. The molecule has 0 saturated heterocycles. The van der Waals surface area contributed by atoms with Crippen molar-refractivity contribution >= 4 is 17.3 Å². The highest BCUT2D eigenvalue weighted by molar-refractivity contribution is 6.33. The summed E-state index contributed by atoms with van der Waals surface area (Å²) in [5.41, 5.74) is 8.81. The molecule has 2 N–H and O–H groups in total. The molecule has 4 heteroatoms. The molecule has 0 radical (unpaired) electrons. The minimum Gasteiger partial charge on any atom is -0.497 e. The van der Waals surface area contributed by atoms with E-state index in [2.05, 4.69) is 11.0 Å². The van der Waals surface area contributed by atoms with Crippen molar-refractivity contribution in [1.82, 2.24) is 0 Å². The lowest BCUT2D eigenvalue weighted by Gasteiger charge is -2.21. The fourth-order valence-electron chi connectivity index (χ4n) is 2.12. The molecule has 2 aromatic rings. The topological polar surface area (TPSA) is 38.5 Å². The predicted octanol–water partition coefficient (Wildman–Crippen LogP) is 3.44. The van der Waals surface area contributed by atoms with E-state index in [0.29, 0.717) is 6.54 Å². The van der Waals surface area contributed by atoms with Crippen LogP contribution in [0.15, 0.2) is 42.5 Å². The van der Waals surface area contributed by atoms with E-state index >= 15 is 0 Å². The van der Waals surface area contributed by atoms with Crippen LogP contribution in [0.1, 0.15) is 11.1 Å². The van der Waals surface area contributed by atoms with Gasteiger partial charge in [-0.1, -0.05) is 29.8 Å². The molecule has 0 aromatic heterocycles. The summed E-state index contributed by atoms with van der Waals surface area (Å²) in [4.78, 5) is 2.11. The van der Waals surface area contributed by atoms with Crippen molar-refractivity contribution in [2.75, 3.05) is 19.1 Å². The van der Waals surface area contributed by atoms with E-state index in [-0.39, 0.29) is 0 Å². The van der Waals surface area contributed by atoms with Crippen LogP contribution in [-0.2, 0) is 13.1 Å². The van der Waals surface area contributed by atoms with Gasteiger partial charge in [-0.2, -0.15) is 0 Å². The maximum Gasteiger partial charge on any atom is 0.119 e. The minimum atomic E-state index is 0.500. The number of ether oxygens (including phenoxy) is 1. The second-order valence-electron chi connectivity index (χ2n) is 4.70. The number of hydrogen-bond donors (Lipinski definition) is 1. The Morgan fingerprint density at radius 2 is 1.95 bits per heavy atom. The number of hydrogen-bond acceptors (Lipinski definition) is 3. The standard InChI is InChI=1S/C16H19ClN2O/c1-19(11-13-4-3-5-14(8-13)20-2)16-7-6-12(10-18)9-15(16)17/h3-9H,10-11,18H2,1-2H3. The number of rotatable bonds is 5. The molecule has 20 heavy (non-hydrogen) atoms. The SMILES string of the molecule is COc1cccc(CN(C)c2ccc(CN)cc2Cl)c1. The van der Waals surface area contributed by atoms with Crippen LogP contribution in [0.2, 0.25) is 5.02 Å². The molecule has 0 saturated carbocycles. The van der Waals surface area contributed by atoms with Gasteiger partial charge < -0.3 is 15.4 Å². The first-order chi connectivity index (χ1) is 9.63. The van der Waals surface area contributed by atoms with Gasteiger partial charge in [-0.25, -0.2) is 0 Å². The lowest BCUT2D eigenvalue weighted by atomic mass is 10.1. The summed E-state index contributed by atoms with van der Waals surface area (Å²) in [6.45, 7) is 1.26. The smallest absolute Gasteiger partial charge is 0.119 e. The molecule has 0 aliphatic heterocycles. The number of nitrogens with two attached hydrogens (primary N) is 1. The average molecular weight is 291 g/mol. The lowest BCUT2D eigenvalue weighted by molar-refractivity contribution is 0.414. The van der Waals surface area contributed by atoms with Crippen LogP contribution in [0.3, 0.4) is 0 Å². The van der Waals surface area contributed by atoms with E-state index in [9.17, 15) is 0 Å². The van der Waals surface area contributed by atoms with Gasteiger partial charge in [0.2, 0.25) is 0 Å². The van der Waals surface area contributed by atoms with Crippen molar-refractivity contribution in [1.29, 1.82) is 0 Å². The normalized spacial score (nSPS) is 10.4. The Morgan fingerprint density at radius 1 is 1.15 bits per heavy atom. The van der Waals surface area contributed by atoms with Gasteiger partial charge in [0.15, 0.2) is 0 Å². The van der Waals surface area contributed by atoms with E-state index < -0.39 is 0 Å².